The maximum Gasteiger partial charge on any atom is 0.177 e. The van der Waals surface area contributed by atoms with Gasteiger partial charge in [-0.2, -0.15) is 0 Å². The number of rotatable bonds is 0. The molecule has 2 nitrogen and oxygen atoms in total. The molecule has 0 saturated carbocycles. The molecule has 8 heavy (non-hydrogen) atoms. The summed E-state index contributed by atoms with van der Waals surface area (Å²) in [5.41, 5.74) is 0.884. The van der Waals surface area contributed by atoms with Gasteiger partial charge in [-0.3, -0.25) is 0 Å². The number of aromatic nitrogens is 1. The van der Waals surface area contributed by atoms with E-state index in [1.807, 2.05) is 10.8 Å². The zero-order valence-corrected chi connectivity index (χ0v) is 4.81. The summed E-state index contributed by atoms with van der Waals surface area (Å²) in [6.07, 6.45) is 1.71. The monoisotopic (exact) mass is 125 g/mol. The van der Waals surface area contributed by atoms with E-state index in [2.05, 4.69) is 5.16 Å². The predicted octanol–water partition coefficient (Wildman–Crippen LogP) is 1.89. The third kappa shape index (κ3) is 0.391. The fourth-order valence-corrected chi connectivity index (χ4v) is 1.30. The molecule has 2 aromatic heterocycles. The van der Waals surface area contributed by atoms with Crippen LogP contribution in [0.25, 0.3) is 11.0 Å². The lowest BCUT2D eigenvalue weighted by atomic mass is 10.5. The molecule has 0 fully saturated rings. The van der Waals surface area contributed by atoms with Gasteiger partial charge in [0.15, 0.2) is 5.58 Å². The van der Waals surface area contributed by atoms with E-state index in [0.717, 1.165) is 11.0 Å². The molecule has 2 rings (SSSR count). The van der Waals surface area contributed by atoms with Crippen LogP contribution < -0.4 is 0 Å². The molecule has 0 aliphatic rings. The van der Waals surface area contributed by atoms with Crippen molar-refractivity contribution in [3.8, 4) is 0 Å². The standard InChI is InChI=1S/C5H3NOS/c1-4-2-8-3-5(4)7-6-1/h1-3H. The Morgan fingerprint density at radius 2 is 2.50 bits per heavy atom. The van der Waals surface area contributed by atoms with Gasteiger partial charge < -0.3 is 4.52 Å². The first-order valence-electron chi connectivity index (χ1n) is 2.23. The molecule has 0 aliphatic carbocycles. The lowest BCUT2D eigenvalue weighted by molar-refractivity contribution is 0.457. The first-order chi connectivity index (χ1) is 3.97. The summed E-state index contributed by atoms with van der Waals surface area (Å²) in [4.78, 5) is 0. The Kier molecular flexibility index (Phi) is 0.676. The molecule has 40 valence electrons. The molecule has 0 saturated heterocycles. The fourth-order valence-electron chi connectivity index (χ4n) is 0.603. The number of fused-ring (bicyclic) bond motifs is 1. The summed E-state index contributed by atoms with van der Waals surface area (Å²) >= 11 is 1.63. The second-order valence-electron chi connectivity index (χ2n) is 1.52. The lowest BCUT2D eigenvalue weighted by Gasteiger charge is -1.61. The summed E-state index contributed by atoms with van der Waals surface area (Å²) in [6.45, 7) is 0. The molecule has 3 heteroatoms. The van der Waals surface area contributed by atoms with E-state index in [4.69, 9.17) is 4.52 Å². The van der Waals surface area contributed by atoms with Gasteiger partial charge in [-0.05, 0) is 0 Å². The fraction of sp³-hybridized carbons (Fsp3) is 0. The van der Waals surface area contributed by atoms with Crippen LogP contribution in [0.3, 0.4) is 0 Å². The summed E-state index contributed by atoms with van der Waals surface area (Å²) in [6, 6.07) is 0. The SMILES string of the molecule is c1noc2cscc12. The highest BCUT2D eigenvalue weighted by Crippen LogP contribution is 2.16. The molecule has 0 aromatic carbocycles. The summed E-state index contributed by atoms with van der Waals surface area (Å²) < 4.78 is 4.82. The molecule has 0 radical (unpaired) electrons. The molecular formula is C5H3NOS. The van der Waals surface area contributed by atoms with Crippen molar-refractivity contribution in [2.75, 3.05) is 0 Å². The van der Waals surface area contributed by atoms with Gasteiger partial charge in [0.05, 0.1) is 11.6 Å². The lowest BCUT2D eigenvalue weighted by Crippen LogP contribution is -1.42. The normalized spacial score (nSPS) is 10.5. The highest BCUT2D eigenvalue weighted by Gasteiger charge is 1.94. The molecule has 0 spiro atoms. The van der Waals surface area contributed by atoms with Crippen molar-refractivity contribution in [3.63, 3.8) is 0 Å². The molecule has 2 heterocycles. The number of hydrogen-bond donors (Lipinski definition) is 0. The largest absolute Gasteiger partial charge is 0.355 e. The minimum atomic E-state index is 0.884. The summed E-state index contributed by atoms with van der Waals surface area (Å²) in [5, 5.41) is 8.62. The van der Waals surface area contributed by atoms with Gasteiger partial charge in [-0.1, -0.05) is 5.16 Å². The highest BCUT2D eigenvalue weighted by molar-refractivity contribution is 7.09. The van der Waals surface area contributed by atoms with Crippen LogP contribution >= 0.6 is 11.3 Å². The first kappa shape index (κ1) is 4.09. The maximum atomic E-state index is 4.82. The molecular weight excluding hydrogens is 122 g/mol. The zero-order chi connectivity index (χ0) is 5.40. The Morgan fingerprint density at radius 3 is 3.38 bits per heavy atom. The molecule has 0 atom stereocenters. The Labute approximate surface area is 49.7 Å². The van der Waals surface area contributed by atoms with Gasteiger partial charge >= 0.3 is 0 Å². The van der Waals surface area contributed by atoms with E-state index in [1.165, 1.54) is 0 Å². The van der Waals surface area contributed by atoms with E-state index >= 15 is 0 Å². The van der Waals surface area contributed by atoms with Crippen molar-refractivity contribution in [3.05, 3.63) is 17.0 Å². The molecule has 0 unspecified atom stereocenters. The average molecular weight is 125 g/mol. The summed E-state index contributed by atoms with van der Waals surface area (Å²) in [5.74, 6) is 0. The van der Waals surface area contributed by atoms with E-state index in [1.54, 1.807) is 17.5 Å². The minimum absolute atomic E-state index is 0.884. The second-order valence-corrected chi connectivity index (χ2v) is 2.26. The quantitative estimate of drug-likeness (QED) is 0.537. The zero-order valence-electron chi connectivity index (χ0n) is 4.00. The van der Waals surface area contributed by atoms with E-state index < -0.39 is 0 Å². The third-order valence-electron chi connectivity index (χ3n) is 0.997. The topological polar surface area (TPSA) is 26.0 Å². The highest BCUT2D eigenvalue weighted by atomic mass is 32.1. The van der Waals surface area contributed by atoms with Crippen LogP contribution in [0.5, 0.6) is 0 Å². The average Bonchev–Trinajstić information content (AvgIpc) is 2.15. The van der Waals surface area contributed by atoms with Gasteiger partial charge in [0.1, 0.15) is 0 Å². The van der Waals surface area contributed by atoms with Crippen molar-refractivity contribution in [2.45, 2.75) is 0 Å². The van der Waals surface area contributed by atoms with Crippen molar-refractivity contribution < 1.29 is 4.52 Å². The molecule has 0 N–H and O–H groups in total. The molecule has 2 aromatic rings. The van der Waals surface area contributed by atoms with Crippen LogP contribution in [0.15, 0.2) is 21.5 Å². The van der Waals surface area contributed by atoms with Crippen LogP contribution in [0.4, 0.5) is 0 Å². The van der Waals surface area contributed by atoms with Crippen LogP contribution in [0.2, 0.25) is 0 Å². The van der Waals surface area contributed by atoms with E-state index in [-0.39, 0.29) is 0 Å². The number of hydrogen-bond acceptors (Lipinski definition) is 3. The number of thiophene rings is 1. The molecule has 0 amide bonds. The van der Waals surface area contributed by atoms with Crippen LogP contribution in [0, 0.1) is 0 Å². The van der Waals surface area contributed by atoms with Gasteiger partial charge in [-0.15, -0.1) is 11.3 Å². The van der Waals surface area contributed by atoms with Gasteiger partial charge in [0.25, 0.3) is 0 Å². The van der Waals surface area contributed by atoms with Crippen molar-refractivity contribution in [1.82, 2.24) is 5.16 Å². The van der Waals surface area contributed by atoms with Gasteiger partial charge in [0.2, 0.25) is 0 Å². The van der Waals surface area contributed by atoms with Crippen molar-refractivity contribution in [1.29, 1.82) is 0 Å². The van der Waals surface area contributed by atoms with Crippen LogP contribution in [0.1, 0.15) is 0 Å². The third-order valence-corrected chi connectivity index (χ3v) is 1.74. The van der Waals surface area contributed by atoms with Crippen LogP contribution in [-0.2, 0) is 0 Å². The Morgan fingerprint density at radius 1 is 1.50 bits per heavy atom. The first-order valence-corrected chi connectivity index (χ1v) is 3.18. The Balaban J connectivity index is 3.06. The van der Waals surface area contributed by atoms with Crippen molar-refractivity contribution >= 4 is 22.3 Å². The Hall–Kier alpha value is -0.830. The molecule has 0 bridgehead atoms. The van der Waals surface area contributed by atoms with Crippen LogP contribution in [-0.4, -0.2) is 5.16 Å². The Bertz CT molecular complexity index is 234. The van der Waals surface area contributed by atoms with E-state index in [9.17, 15) is 0 Å². The molecule has 0 aliphatic heterocycles. The van der Waals surface area contributed by atoms with E-state index in [0.29, 0.717) is 0 Å². The van der Waals surface area contributed by atoms with Gasteiger partial charge in [0, 0.05) is 10.8 Å². The number of nitrogens with zero attached hydrogens (tertiary/aromatic N) is 1. The van der Waals surface area contributed by atoms with Crippen molar-refractivity contribution in [2.24, 2.45) is 0 Å². The van der Waals surface area contributed by atoms with Gasteiger partial charge in [-0.25, -0.2) is 0 Å². The minimum Gasteiger partial charge on any atom is -0.355 e. The smallest absolute Gasteiger partial charge is 0.177 e. The predicted molar refractivity (Wildman–Crippen MR) is 31.9 cm³/mol. The summed E-state index contributed by atoms with van der Waals surface area (Å²) in [7, 11) is 0. The maximum absolute atomic E-state index is 4.82. The second kappa shape index (κ2) is 1.32.